The molecule has 2 rings (SSSR count). The van der Waals surface area contributed by atoms with Crippen LogP contribution in [0, 0.1) is 0 Å². The Labute approximate surface area is 162 Å². The second-order valence-corrected chi connectivity index (χ2v) is 8.19. The summed E-state index contributed by atoms with van der Waals surface area (Å²) in [5, 5.41) is 22.6. The molecule has 1 aromatic carbocycles. The summed E-state index contributed by atoms with van der Waals surface area (Å²) in [4.78, 5) is 27.7. The number of sulfone groups is 1. The van der Waals surface area contributed by atoms with E-state index >= 15 is 0 Å². The van der Waals surface area contributed by atoms with Gasteiger partial charge in [0.15, 0.2) is 27.1 Å². The molecule has 1 aromatic heterocycles. The van der Waals surface area contributed by atoms with Crippen molar-refractivity contribution in [3.05, 3.63) is 41.9 Å². The van der Waals surface area contributed by atoms with Gasteiger partial charge in [0.25, 0.3) is 11.8 Å². The smallest absolute Gasteiger partial charge is 0.258 e. The van der Waals surface area contributed by atoms with E-state index in [4.69, 9.17) is 0 Å². The minimum Gasteiger partial charge on any atom is -0.379 e. The van der Waals surface area contributed by atoms with Crippen LogP contribution in [0.2, 0.25) is 0 Å². The first-order chi connectivity index (χ1) is 13.1. The Hall–Kier alpha value is -2.92. The molecular formula is C17H21N5O5S. The monoisotopic (exact) mass is 407 g/mol. The Morgan fingerprint density at radius 2 is 1.82 bits per heavy atom. The third-order valence-electron chi connectivity index (χ3n) is 3.83. The van der Waals surface area contributed by atoms with Gasteiger partial charge in [0.2, 0.25) is 0 Å². The van der Waals surface area contributed by atoms with E-state index < -0.39 is 27.1 Å². The van der Waals surface area contributed by atoms with Gasteiger partial charge in [0, 0.05) is 19.0 Å². The summed E-state index contributed by atoms with van der Waals surface area (Å²) in [7, 11) is -2.55. The van der Waals surface area contributed by atoms with E-state index in [1.54, 1.807) is 0 Å². The lowest BCUT2D eigenvalue weighted by molar-refractivity contribution is -0.130. The van der Waals surface area contributed by atoms with Crippen molar-refractivity contribution in [2.45, 2.75) is 30.8 Å². The molecule has 28 heavy (non-hydrogen) atoms. The van der Waals surface area contributed by atoms with E-state index in [0.717, 1.165) is 6.92 Å². The molecule has 0 aliphatic carbocycles. The Kier molecular flexibility index (Phi) is 6.41. The molecule has 0 saturated carbocycles. The third-order valence-corrected chi connectivity index (χ3v) is 5.76. The minimum absolute atomic E-state index is 0.00481. The molecule has 0 bridgehead atoms. The predicted octanol–water partition coefficient (Wildman–Crippen LogP) is -0.0430. The number of carbonyl (C=O) groups excluding carboxylic acids is 2. The Morgan fingerprint density at radius 3 is 2.32 bits per heavy atom. The summed E-state index contributed by atoms with van der Waals surface area (Å²) < 4.78 is 25.1. The SMILES string of the molecule is CCc1ncc(NC(=O)[C@@](C)(O)CS(=O)(=O)c2ccc(C(=O)NC)cc2)nn1. The van der Waals surface area contributed by atoms with Crippen LogP contribution in [0.5, 0.6) is 0 Å². The number of nitrogens with one attached hydrogen (secondary N) is 2. The number of rotatable bonds is 7. The quantitative estimate of drug-likeness (QED) is 0.578. The van der Waals surface area contributed by atoms with Crippen molar-refractivity contribution >= 4 is 27.5 Å². The predicted molar refractivity (Wildman–Crippen MR) is 100 cm³/mol. The number of benzene rings is 1. The van der Waals surface area contributed by atoms with E-state index in [0.29, 0.717) is 12.2 Å². The number of carbonyl (C=O) groups is 2. The molecular weight excluding hydrogens is 386 g/mol. The number of hydrogen-bond donors (Lipinski definition) is 3. The Morgan fingerprint density at radius 1 is 1.18 bits per heavy atom. The fraction of sp³-hybridized carbons (Fsp3) is 0.353. The summed E-state index contributed by atoms with van der Waals surface area (Å²) in [5.74, 6) is -1.71. The summed E-state index contributed by atoms with van der Waals surface area (Å²) in [6, 6.07) is 5.17. The first-order valence-electron chi connectivity index (χ1n) is 8.36. The zero-order valence-electron chi connectivity index (χ0n) is 15.6. The average Bonchev–Trinajstić information content (AvgIpc) is 2.67. The topological polar surface area (TPSA) is 151 Å². The van der Waals surface area contributed by atoms with Gasteiger partial charge in [-0.25, -0.2) is 13.4 Å². The number of aromatic nitrogens is 3. The summed E-state index contributed by atoms with van der Waals surface area (Å²) >= 11 is 0. The zero-order chi connectivity index (χ0) is 20.9. The van der Waals surface area contributed by atoms with Crippen LogP contribution in [0.1, 0.15) is 30.0 Å². The molecule has 11 heteroatoms. The molecule has 0 aliphatic heterocycles. The molecule has 0 saturated heterocycles. The highest BCUT2D eigenvalue weighted by molar-refractivity contribution is 7.91. The highest BCUT2D eigenvalue weighted by Crippen LogP contribution is 2.19. The molecule has 0 unspecified atom stereocenters. The molecule has 1 atom stereocenters. The van der Waals surface area contributed by atoms with Gasteiger partial charge >= 0.3 is 0 Å². The van der Waals surface area contributed by atoms with Crippen molar-refractivity contribution in [2.75, 3.05) is 18.1 Å². The maximum atomic E-state index is 12.6. The average molecular weight is 407 g/mol. The number of anilines is 1. The van der Waals surface area contributed by atoms with E-state index in [2.05, 4.69) is 25.8 Å². The van der Waals surface area contributed by atoms with Crippen LogP contribution in [0.3, 0.4) is 0 Å². The van der Waals surface area contributed by atoms with Crippen molar-refractivity contribution in [3.8, 4) is 0 Å². The number of aliphatic hydroxyl groups is 1. The first-order valence-corrected chi connectivity index (χ1v) is 10.0. The van der Waals surface area contributed by atoms with Crippen LogP contribution in [-0.4, -0.2) is 58.9 Å². The molecule has 2 aromatic rings. The molecule has 0 fully saturated rings. The summed E-state index contributed by atoms with van der Waals surface area (Å²) in [6.45, 7) is 2.92. The Bertz CT molecular complexity index is 956. The van der Waals surface area contributed by atoms with Crippen LogP contribution in [-0.2, 0) is 21.1 Å². The number of hydrogen-bond acceptors (Lipinski definition) is 8. The molecule has 2 amide bonds. The van der Waals surface area contributed by atoms with Crippen LogP contribution in [0.15, 0.2) is 35.4 Å². The molecule has 0 spiro atoms. The second kappa shape index (κ2) is 8.40. The van der Waals surface area contributed by atoms with Crippen LogP contribution in [0.4, 0.5) is 5.82 Å². The van der Waals surface area contributed by atoms with Crippen LogP contribution in [0.25, 0.3) is 0 Å². The minimum atomic E-state index is -4.01. The van der Waals surface area contributed by atoms with E-state index in [-0.39, 0.29) is 22.2 Å². The molecule has 1 heterocycles. The third kappa shape index (κ3) is 5.08. The van der Waals surface area contributed by atoms with E-state index in [9.17, 15) is 23.1 Å². The molecule has 3 N–H and O–H groups in total. The van der Waals surface area contributed by atoms with Gasteiger partial charge in [-0.05, 0) is 31.2 Å². The fourth-order valence-corrected chi connectivity index (χ4v) is 3.83. The van der Waals surface area contributed by atoms with Crippen molar-refractivity contribution in [2.24, 2.45) is 0 Å². The maximum absolute atomic E-state index is 12.6. The van der Waals surface area contributed by atoms with Crippen molar-refractivity contribution in [1.82, 2.24) is 20.5 Å². The Balaban J connectivity index is 2.13. The summed E-state index contributed by atoms with van der Waals surface area (Å²) in [5.41, 5.74) is -1.95. The normalized spacial score (nSPS) is 13.4. The summed E-state index contributed by atoms with van der Waals surface area (Å²) in [6.07, 6.45) is 1.84. The van der Waals surface area contributed by atoms with E-state index in [1.165, 1.54) is 37.5 Å². The van der Waals surface area contributed by atoms with E-state index in [1.807, 2.05) is 6.92 Å². The van der Waals surface area contributed by atoms with Gasteiger partial charge in [-0.15, -0.1) is 10.2 Å². The lowest BCUT2D eigenvalue weighted by Crippen LogP contribution is -2.46. The highest BCUT2D eigenvalue weighted by Gasteiger charge is 2.37. The van der Waals surface area contributed by atoms with Gasteiger partial charge in [0.05, 0.1) is 16.8 Å². The number of nitrogens with zero attached hydrogens (tertiary/aromatic N) is 3. The van der Waals surface area contributed by atoms with Gasteiger partial charge in [-0.1, -0.05) is 6.92 Å². The van der Waals surface area contributed by atoms with Gasteiger partial charge in [0.1, 0.15) is 0 Å². The second-order valence-electron chi connectivity index (χ2n) is 6.20. The zero-order valence-corrected chi connectivity index (χ0v) is 16.4. The van der Waals surface area contributed by atoms with Gasteiger partial charge < -0.3 is 15.7 Å². The van der Waals surface area contributed by atoms with Gasteiger partial charge in [-0.3, -0.25) is 9.59 Å². The largest absolute Gasteiger partial charge is 0.379 e. The van der Waals surface area contributed by atoms with Crippen LogP contribution < -0.4 is 10.6 Å². The molecule has 10 nitrogen and oxygen atoms in total. The fourth-order valence-electron chi connectivity index (χ4n) is 2.25. The van der Waals surface area contributed by atoms with Crippen molar-refractivity contribution < 1.29 is 23.1 Å². The number of aryl methyl sites for hydroxylation is 1. The molecule has 0 radical (unpaired) electrons. The first kappa shape index (κ1) is 21.4. The van der Waals surface area contributed by atoms with Crippen LogP contribution >= 0.6 is 0 Å². The lowest BCUT2D eigenvalue weighted by atomic mass is 10.1. The lowest BCUT2D eigenvalue weighted by Gasteiger charge is -2.21. The molecule has 150 valence electrons. The number of amides is 2. The van der Waals surface area contributed by atoms with Crippen molar-refractivity contribution in [3.63, 3.8) is 0 Å². The van der Waals surface area contributed by atoms with Crippen molar-refractivity contribution in [1.29, 1.82) is 0 Å². The molecule has 0 aliphatic rings. The highest BCUT2D eigenvalue weighted by atomic mass is 32.2. The van der Waals surface area contributed by atoms with Gasteiger partial charge in [-0.2, -0.15) is 0 Å². The maximum Gasteiger partial charge on any atom is 0.258 e. The standard InChI is InChI=1S/C17H21N5O5S/c1-4-13-19-9-14(22-21-13)20-16(24)17(2,25)10-28(26,27)12-7-5-11(6-8-12)15(23)18-3/h5-9,25H,4,10H2,1-3H3,(H,18,23)(H,20,22,24)/t17-/m0/s1.